The Morgan fingerprint density at radius 1 is 1.34 bits per heavy atom. The van der Waals surface area contributed by atoms with Gasteiger partial charge in [-0.3, -0.25) is 14.5 Å². The molecule has 0 aromatic carbocycles. The SMILES string of the molecule is CCc1cc(CN2C[C@H]3C[C@@H](C2)[C@H](C(=O)N(C)Cc2ncc[nH]2)N2C(=O)CCC[C@@H]32)on1. The Kier molecular flexibility index (Phi) is 5.75. The van der Waals surface area contributed by atoms with Gasteiger partial charge >= 0.3 is 0 Å². The van der Waals surface area contributed by atoms with E-state index in [9.17, 15) is 9.59 Å². The van der Waals surface area contributed by atoms with Gasteiger partial charge in [0.25, 0.3) is 0 Å². The number of aryl methyl sites for hydroxylation is 1. The first kappa shape index (κ1) is 21.2. The fraction of sp³-hybridized carbons (Fsp3) is 0.652. The molecule has 4 atom stereocenters. The summed E-state index contributed by atoms with van der Waals surface area (Å²) >= 11 is 0. The number of nitrogens with one attached hydrogen (secondary N) is 1. The number of H-pyrrole nitrogens is 1. The summed E-state index contributed by atoms with van der Waals surface area (Å²) in [6.45, 7) is 4.88. The Labute approximate surface area is 188 Å². The number of aromatic amines is 1. The number of rotatable bonds is 6. The van der Waals surface area contributed by atoms with E-state index in [0.29, 0.717) is 25.4 Å². The Hall–Kier alpha value is -2.68. The molecule has 3 fully saturated rings. The summed E-state index contributed by atoms with van der Waals surface area (Å²) in [5.74, 6) is 2.28. The number of hydrogen-bond acceptors (Lipinski definition) is 6. The maximum absolute atomic E-state index is 13.7. The van der Waals surface area contributed by atoms with Gasteiger partial charge in [0, 0.05) is 57.0 Å². The van der Waals surface area contributed by atoms with Gasteiger partial charge in [0.15, 0.2) is 5.76 Å². The van der Waals surface area contributed by atoms with Gasteiger partial charge in [-0.05, 0) is 31.6 Å². The summed E-state index contributed by atoms with van der Waals surface area (Å²) in [5, 5.41) is 4.13. The third-order valence-electron chi connectivity index (χ3n) is 7.34. The molecule has 0 spiro atoms. The van der Waals surface area contributed by atoms with Crippen molar-refractivity contribution in [2.45, 2.75) is 64.2 Å². The van der Waals surface area contributed by atoms with Crippen molar-refractivity contribution >= 4 is 11.8 Å². The second-order valence-electron chi connectivity index (χ2n) is 9.52. The largest absolute Gasteiger partial charge is 0.360 e. The lowest BCUT2D eigenvalue weighted by Crippen LogP contribution is -2.68. The first-order valence-electron chi connectivity index (χ1n) is 11.7. The zero-order valence-electron chi connectivity index (χ0n) is 18.9. The van der Waals surface area contributed by atoms with E-state index < -0.39 is 6.04 Å². The van der Waals surface area contributed by atoms with E-state index in [1.54, 1.807) is 17.3 Å². The summed E-state index contributed by atoms with van der Waals surface area (Å²) in [4.78, 5) is 40.1. The van der Waals surface area contributed by atoms with Crippen molar-refractivity contribution in [1.82, 2.24) is 29.8 Å². The highest BCUT2D eigenvalue weighted by atomic mass is 16.5. The fourth-order valence-electron chi connectivity index (χ4n) is 5.93. The van der Waals surface area contributed by atoms with Gasteiger partial charge in [0.2, 0.25) is 11.8 Å². The number of aromatic nitrogens is 3. The van der Waals surface area contributed by atoms with E-state index in [1.807, 2.05) is 18.0 Å². The smallest absolute Gasteiger partial charge is 0.245 e. The van der Waals surface area contributed by atoms with Gasteiger partial charge < -0.3 is 19.3 Å². The zero-order chi connectivity index (χ0) is 22.2. The highest BCUT2D eigenvalue weighted by Gasteiger charge is 2.52. The second kappa shape index (κ2) is 8.69. The summed E-state index contributed by atoms with van der Waals surface area (Å²) < 4.78 is 5.53. The molecule has 5 rings (SSSR count). The number of carbonyl (C=O) groups excluding carboxylic acids is 2. The predicted molar refractivity (Wildman–Crippen MR) is 116 cm³/mol. The molecule has 9 nitrogen and oxygen atoms in total. The molecule has 3 aliphatic heterocycles. The molecule has 172 valence electrons. The van der Waals surface area contributed by atoms with Crippen molar-refractivity contribution in [3.05, 3.63) is 35.7 Å². The normalized spacial score (nSPS) is 27.9. The Bertz CT molecular complexity index is 957. The van der Waals surface area contributed by atoms with Gasteiger partial charge in [-0.15, -0.1) is 0 Å². The second-order valence-corrected chi connectivity index (χ2v) is 9.52. The van der Waals surface area contributed by atoms with Crippen LogP contribution in [0.5, 0.6) is 0 Å². The highest BCUT2D eigenvalue weighted by molar-refractivity contribution is 5.89. The Morgan fingerprint density at radius 2 is 2.19 bits per heavy atom. The van der Waals surface area contributed by atoms with Crippen LogP contribution in [0.2, 0.25) is 0 Å². The molecule has 3 saturated heterocycles. The van der Waals surface area contributed by atoms with Crippen LogP contribution in [0.4, 0.5) is 0 Å². The van der Waals surface area contributed by atoms with Crippen LogP contribution in [0.3, 0.4) is 0 Å². The van der Waals surface area contributed by atoms with Crippen LogP contribution < -0.4 is 0 Å². The standard InChI is InChI=1S/C23H32N6O3/c1-3-17-10-18(32-26-17)13-28-11-15-9-16(12-28)22(29-19(15)5-4-6-21(29)30)23(31)27(2)14-20-24-7-8-25-20/h7-8,10,15-16,19,22H,3-6,9,11-14H2,1-2H3,(H,24,25)/t15-,16+,19+,22-/m1/s1. The molecular formula is C23H32N6O3. The molecule has 2 amide bonds. The van der Waals surface area contributed by atoms with Crippen LogP contribution in [0, 0.1) is 11.8 Å². The molecular weight excluding hydrogens is 408 g/mol. The molecule has 0 unspecified atom stereocenters. The Balaban J connectivity index is 1.38. The van der Waals surface area contributed by atoms with Crippen molar-refractivity contribution < 1.29 is 14.1 Å². The number of piperidine rings is 3. The first-order chi connectivity index (χ1) is 15.5. The molecule has 0 aliphatic carbocycles. The van der Waals surface area contributed by atoms with Crippen LogP contribution >= 0.6 is 0 Å². The molecule has 5 heterocycles. The topological polar surface area (TPSA) is 98.6 Å². The molecule has 1 N–H and O–H groups in total. The van der Waals surface area contributed by atoms with Crippen molar-refractivity contribution in [1.29, 1.82) is 0 Å². The number of amides is 2. The summed E-state index contributed by atoms with van der Waals surface area (Å²) in [5.41, 5.74) is 0.967. The molecule has 3 aliphatic rings. The number of nitrogens with zero attached hydrogens (tertiary/aromatic N) is 5. The van der Waals surface area contributed by atoms with Crippen LogP contribution in [0.15, 0.2) is 23.0 Å². The van der Waals surface area contributed by atoms with Crippen LogP contribution in [0.25, 0.3) is 0 Å². The van der Waals surface area contributed by atoms with E-state index in [0.717, 1.165) is 56.1 Å². The van der Waals surface area contributed by atoms with Gasteiger partial charge in [-0.1, -0.05) is 12.1 Å². The minimum atomic E-state index is -0.409. The zero-order valence-corrected chi connectivity index (χ0v) is 18.9. The quantitative estimate of drug-likeness (QED) is 0.736. The van der Waals surface area contributed by atoms with Gasteiger partial charge in [-0.2, -0.15) is 0 Å². The summed E-state index contributed by atoms with van der Waals surface area (Å²) in [6.07, 6.45) is 7.73. The fourth-order valence-corrected chi connectivity index (χ4v) is 5.93. The maximum atomic E-state index is 13.7. The van der Waals surface area contributed by atoms with E-state index in [-0.39, 0.29) is 23.8 Å². The van der Waals surface area contributed by atoms with E-state index >= 15 is 0 Å². The third-order valence-corrected chi connectivity index (χ3v) is 7.34. The van der Waals surface area contributed by atoms with Crippen molar-refractivity contribution in [2.24, 2.45) is 11.8 Å². The van der Waals surface area contributed by atoms with Crippen LogP contribution in [-0.4, -0.2) is 73.9 Å². The van der Waals surface area contributed by atoms with Gasteiger partial charge in [0.05, 0.1) is 18.8 Å². The summed E-state index contributed by atoms with van der Waals surface area (Å²) in [6, 6.07) is 1.76. The van der Waals surface area contributed by atoms with Crippen LogP contribution in [-0.2, 0) is 29.1 Å². The van der Waals surface area contributed by atoms with E-state index in [1.165, 1.54) is 0 Å². The number of hydrogen-bond donors (Lipinski definition) is 1. The molecule has 0 radical (unpaired) electrons. The molecule has 0 saturated carbocycles. The lowest BCUT2D eigenvalue weighted by molar-refractivity contribution is -0.165. The number of imidazole rings is 1. The average molecular weight is 441 g/mol. The summed E-state index contributed by atoms with van der Waals surface area (Å²) in [7, 11) is 1.81. The maximum Gasteiger partial charge on any atom is 0.245 e. The minimum Gasteiger partial charge on any atom is -0.360 e. The van der Waals surface area contributed by atoms with Crippen molar-refractivity contribution in [3.63, 3.8) is 0 Å². The molecule has 2 aromatic rings. The number of carbonyl (C=O) groups is 2. The molecule has 2 aromatic heterocycles. The predicted octanol–water partition coefficient (Wildman–Crippen LogP) is 1.82. The molecule has 32 heavy (non-hydrogen) atoms. The molecule has 9 heteroatoms. The number of likely N-dealkylation sites (tertiary alicyclic amines) is 1. The van der Waals surface area contributed by atoms with Crippen molar-refractivity contribution in [2.75, 3.05) is 20.1 Å². The average Bonchev–Trinajstić information content (AvgIpc) is 3.46. The highest BCUT2D eigenvalue weighted by Crippen LogP contribution is 2.42. The van der Waals surface area contributed by atoms with Gasteiger partial charge in [-0.25, -0.2) is 4.98 Å². The molecule has 2 bridgehead atoms. The lowest BCUT2D eigenvalue weighted by atomic mass is 9.71. The Morgan fingerprint density at radius 3 is 2.94 bits per heavy atom. The van der Waals surface area contributed by atoms with Gasteiger partial charge in [0.1, 0.15) is 11.9 Å². The third kappa shape index (κ3) is 3.94. The van der Waals surface area contributed by atoms with Crippen LogP contribution in [0.1, 0.15) is 49.9 Å². The van der Waals surface area contributed by atoms with E-state index in [4.69, 9.17) is 4.52 Å². The first-order valence-corrected chi connectivity index (χ1v) is 11.7. The number of fused-ring (bicyclic) bond motifs is 4. The minimum absolute atomic E-state index is 0.0138. The van der Waals surface area contributed by atoms with Crippen molar-refractivity contribution in [3.8, 4) is 0 Å². The van der Waals surface area contributed by atoms with E-state index in [2.05, 4.69) is 26.9 Å². The number of likely N-dealkylation sites (N-methyl/N-ethyl adjacent to an activating group) is 1. The monoisotopic (exact) mass is 440 g/mol. The lowest BCUT2D eigenvalue weighted by Gasteiger charge is -2.56.